The predicted octanol–water partition coefficient (Wildman–Crippen LogP) is 5.44. The van der Waals surface area contributed by atoms with E-state index < -0.39 is 5.82 Å². The first-order valence-electron chi connectivity index (χ1n) is 9.45. The second-order valence-corrected chi connectivity index (χ2v) is 8.78. The van der Waals surface area contributed by atoms with E-state index in [2.05, 4.69) is 6.07 Å². The van der Waals surface area contributed by atoms with Crippen LogP contribution >= 0.6 is 23.1 Å². The lowest BCUT2D eigenvalue weighted by Crippen LogP contribution is -2.34. The zero-order chi connectivity index (χ0) is 20.3. The van der Waals surface area contributed by atoms with E-state index in [0.29, 0.717) is 16.3 Å². The normalized spacial score (nSPS) is 20.5. The number of ether oxygens (including phenoxy) is 1. The lowest BCUT2D eigenvalue weighted by molar-refractivity contribution is 0.368. The predicted molar refractivity (Wildman–Crippen MR) is 116 cm³/mol. The first-order chi connectivity index (χ1) is 13.6. The highest BCUT2D eigenvalue weighted by Crippen LogP contribution is 2.49. The molecule has 0 radical (unpaired) electrons. The molecule has 2 heterocycles. The fraction of sp³-hybridized carbons (Fsp3) is 0.429. The Balaban J connectivity index is 0.00000109. The van der Waals surface area contributed by atoms with Crippen molar-refractivity contribution in [1.82, 2.24) is 0 Å². The SMILES string of the molecule is CC.COc1cc(C#N)cc(-c2cc3c(s2)CCCC32CCSC(N)=N2)c1F. The Kier molecular flexibility index (Phi) is 6.31. The van der Waals surface area contributed by atoms with Gasteiger partial charge in [-0.2, -0.15) is 5.26 Å². The quantitative estimate of drug-likeness (QED) is 0.706. The number of hydrogen-bond donors (Lipinski definition) is 1. The van der Waals surface area contributed by atoms with Crippen LogP contribution in [0.3, 0.4) is 0 Å². The molecule has 1 unspecified atom stereocenters. The number of thiophene rings is 1. The van der Waals surface area contributed by atoms with Gasteiger partial charge in [0.25, 0.3) is 0 Å². The van der Waals surface area contributed by atoms with E-state index in [0.717, 1.165) is 36.3 Å². The third-order valence-corrected chi connectivity index (χ3v) is 7.07. The number of nitrogens with two attached hydrogens (primary N) is 1. The minimum Gasteiger partial charge on any atom is -0.494 e. The van der Waals surface area contributed by atoms with Crippen LogP contribution in [0.4, 0.5) is 4.39 Å². The summed E-state index contributed by atoms with van der Waals surface area (Å²) in [4.78, 5) is 6.87. The number of amidine groups is 1. The summed E-state index contributed by atoms with van der Waals surface area (Å²) >= 11 is 3.18. The van der Waals surface area contributed by atoms with Gasteiger partial charge >= 0.3 is 0 Å². The molecule has 1 spiro atoms. The Bertz CT molecular complexity index is 948. The van der Waals surface area contributed by atoms with E-state index in [1.807, 2.05) is 19.9 Å². The number of thioether (sulfide) groups is 1. The highest BCUT2D eigenvalue weighted by atomic mass is 32.2. The van der Waals surface area contributed by atoms with Gasteiger partial charge < -0.3 is 10.5 Å². The monoisotopic (exact) mass is 417 g/mol. The van der Waals surface area contributed by atoms with Crippen LogP contribution in [0.15, 0.2) is 23.2 Å². The van der Waals surface area contributed by atoms with Crippen LogP contribution in [-0.4, -0.2) is 18.0 Å². The Hall–Kier alpha value is -2.04. The molecule has 1 atom stereocenters. The Morgan fingerprint density at radius 2 is 2.07 bits per heavy atom. The number of methoxy groups -OCH3 is 1. The maximum atomic E-state index is 14.9. The summed E-state index contributed by atoms with van der Waals surface area (Å²) in [5.41, 5.74) is 7.72. The third-order valence-electron chi connectivity index (χ3n) is 5.05. The highest BCUT2D eigenvalue weighted by molar-refractivity contribution is 8.13. The standard InChI is InChI=1S/C19H18FN3OS2.C2H6/c1-24-14-8-11(10-21)7-12(17(14)20)16-9-13-15(26-16)3-2-4-19(13)5-6-25-18(22)23-19;1-2/h7-9H,2-6H2,1H3,(H2,22,23);1-2H3. The number of nitrogens with zero attached hydrogens (tertiary/aromatic N) is 2. The average Bonchev–Trinajstić information content (AvgIpc) is 3.15. The third kappa shape index (κ3) is 3.63. The molecule has 148 valence electrons. The Labute approximate surface area is 173 Å². The molecule has 2 aliphatic rings. The summed E-state index contributed by atoms with van der Waals surface area (Å²) < 4.78 is 20.0. The van der Waals surface area contributed by atoms with Gasteiger partial charge in [-0.15, -0.1) is 11.3 Å². The Morgan fingerprint density at radius 3 is 2.75 bits per heavy atom. The Morgan fingerprint density at radius 1 is 1.29 bits per heavy atom. The molecule has 4 rings (SSSR count). The second kappa shape index (κ2) is 8.54. The van der Waals surface area contributed by atoms with Crippen LogP contribution in [0.25, 0.3) is 10.4 Å². The van der Waals surface area contributed by atoms with Gasteiger partial charge in [-0.05, 0) is 43.4 Å². The molecular formula is C21H24FN3OS2. The smallest absolute Gasteiger partial charge is 0.173 e. The van der Waals surface area contributed by atoms with E-state index in [-0.39, 0.29) is 11.3 Å². The molecule has 0 bridgehead atoms. The molecule has 1 aliphatic carbocycles. The van der Waals surface area contributed by atoms with Crippen LogP contribution in [0.5, 0.6) is 5.75 Å². The number of hydrogen-bond acceptors (Lipinski definition) is 6. The van der Waals surface area contributed by atoms with Crippen LogP contribution in [0.1, 0.15) is 49.1 Å². The minimum atomic E-state index is -0.429. The fourth-order valence-electron chi connectivity index (χ4n) is 3.81. The number of aliphatic imine (C=N–C) groups is 1. The number of nitriles is 1. The van der Waals surface area contributed by atoms with Crippen LogP contribution in [0.2, 0.25) is 0 Å². The topological polar surface area (TPSA) is 71.4 Å². The van der Waals surface area contributed by atoms with E-state index in [1.54, 1.807) is 29.2 Å². The summed E-state index contributed by atoms with van der Waals surface area (Å²) in [5, 5.41) is 9.89. The first kappa shape index (κ1) is 20.7. The molecule has 0 saturated carbocycles. The zero-order valence-corrected chi connectivity index (χ0v) is 18.0. The molecule has 2 aromatic rings. The summed E-state index contributed by atoms with van der Waals surface area (Å²) in [6.45, 7) is 4.00. The summed E-state index contributed by atoms with van der Waals surface area (Å²) in [7, 11) is 1.41. The van der Waals surface area contributed by atoms with Crippen molar-refractivity contribution in [3.63, 3.8) is 0 Å². The van der Waals surface area contributed by atoms with Crippen molar-refractivity contribution in [1.29, 1.82) is 5.26 Å². The summed E-state index contributed by atoms with van der Waals surface area (Å²) in [5.74, 6) is 0.615. The number of halogens is 1. The van der Waals surface area contributed by atoms with Crippen molar-refractivity contribution in [3.05, 3.63) is 40.0 Å². The maximum Gasteiger partial charge on any atom is 0.173 e. The van der Waals surface area contributed by atoms with Gasteiger partial charge in [0.2, 0.25) is 0 Å². The van der Waals surface area contributed by atoms with Gasteiger partial charge in [0.1, 0.15) is 0 Å². The largest absolute Gasteiger partial charge is 0.494 e. The van der Waals surface area contributed by atoms with E-state index >= 15 is 0 Å². The lowest BCUT2D eigenvalue weighted by Gasteiger charge is -2.36. The lowest BCUT2D eigenvalue weighted by atomic mass is 9.78. The minimum absolute atomic E-state index is 0.0940. The van der Waals surface area contributed by atoms with Crippen LogP contribution in [-0.2, 0) is 12.0 Å². The molecule has 7 heteroatoms. The molecule has 1 aromatic heterocycles. The van der Waals surface area contributed by atoms with E-state index in [9.17, 15) is 9.65 Å². The summed E-state index contributed by atoms with van der Waals surface area (Å²) in [6, 6.07) is 7.15. The van der Waals surface area contributed by atoms with Crippen LogP contribution < -0.4 is 10.5 Å². The van der Waals surface area contributed by atoms with Gasteiger partial charge in [0, 0.05) is 27.1 Å². The molecule has 1 aromatic carbocycles. The van der Waals surface area contributed by atoms with Crippen molar-refractivity contribution in [2.24, 2.45) is 10.7 Å². The van der Waals surface area contributed by atoms with E-state index in [4.69, 9.17) is 15.5 Å². The summed E-state index contributed by atoms with van der Waals surface area (Å²) in [6.07, 6.45) is 3.95. The number of benzene rings is 1. The second-order valence-electron chi connectivity index (χ2n) is 6.53. The van der Waals surface area contributed by atoms with Gasteiger partial charge in [0.05, 0.1) is 24.3 Å². The molecule has 0 saturated heterocycles. The molecule has 4 nitrogen and oxygen atoms in total. The van der Waals surface area contributed by atoms with Gasteiger partial charge in [0.15, 0.2) is 16.7 Å². The van der Waals surface area contributed by atoms with Gasteiger partial charge in [-0.1, -0.05) is 25.6 Å². The van der Waals surface area contributed by atoms with Crippen molar-refractivity contribution < 1.29 is 9.13 Å². The first-order valence-corrected chi connectivity index (χ1v) is 11.3. The maximum absolute atomic E-state index is 14.9. The number of rotatable bonds is 2. The molecular weight excluding hydrogens is 393 g/mol. The van der Waals surface area contributed by atoms with Crippen molar-refractivity contribution in [2.45, 2.75) is 45.1 Å². The van der Waals surface area contributed by atoms with Crippen LogP contribution in [0, 0.1) is 17.1 Å². The van der Waals surface area contributed by atoms with Crippen molar-refractivity contribution >= 4 is 28.3 Å². The number of fused-ring (bicyclic) bond motifs is 2. The fourth-order valence-corrected chi connectivity index (χ4v) is 6.00. The van der Waals surface area contributed by atoms with Gasteiger partial charge in [-0.3, -0.25) is 4.99 Å². The van der Waals surface area contributed by atoms with E-state index in [1.165, 1.54) is 23.6 Å². The van der Waals surface area contributed by atoms with Crippen molar-refractivity contribution in [2.75, 3.05) is 12.9 Å². The zero-order valence-electron chi connectivity index (χ0n) is 16.3. The molecule has 28 heavy (non-hydrogen) atoms. The molecule has 0 amide bonds. The molecule has 1 aliphatic heterocycles. The van der Waals surface area contributed by atoms with Gasteiger partial charge in [-0.25, -0.2) is 4.39 Å². The molecule has 0 fully saturated rings. The van der Waals surface area contributed by atoms with Crippen molar-refractivity contribution in [3.8, 4) is 22.3 Å². The highest BCUT2D eigenvalue weighted by Gasteiger charge is 2.40. The average molecular weight is 418 g/mol. The number of aryl methyl sites for hydroxylation is 1. The molecule has 2 N–H and O–H groups in total.